The molecule has 0 saturated heterocycles. The summed E-state index contributed by atoms with van der Waals surface area (Å²) in [5, 5.41) is 3.10. The van der Waals surface area contributed by atoms with E-state index in [1.807, 2.05) is 12.1 Å². The van der Waals surface area contributed by atoms with Crippen LogP contribution < -0.4 is 0 Å². The zero-order valence-corrected chi connectivity index (χ0v) is 3.70. The molecular formula is C4H5N3. The van der Waals surface area contributed by atoms with E-state index in [0.29, 0.717) is 0 Å². The molecule has 0 fully saturated rings. The van der Waals surface area contributed by atoms with E-state index in [9.17, 15) is 0 Å². The summed E-state index contributed by atoms with van der Waals surface area (Å²) < 4.78 is 1.42. The molecule has 0 aliphatic heterocycles. The summed E-state index contributed by atoms with van der Waals surface area (Å²) >= 11 is 0. The largest absolute Gasteiger partial charge is 0.230 e. The number of hydrogen-bond donors (Lipinski definition) is 1. The molecule has 0 atom stereocenters. The third-order valence-electron chi connectivity index (χ3n) is 0.704. The molecule has 0 aliphatic rings. The molecule has 0 bridgehead atoms. The molecule has 0 saturated carbocycles. The highest BCUT2D eigenvalue weighted by molar-refractivity contribution is 4.88. The Morgan fingerprint density at radius 3 is 2.14 bits per heavy atom. The molecule has 0 aliphatic carbocycles. The molecule has 0 unspecified atom stereocenters. The third-order valence-corrected chi connectivity index (χ3v) is 0.704. The topological polar surface area (TPSA) is 41.1 Å². The number of rotatable bonds is 1. The van der Waals surface area contributed by atoms with Gasteiger partial charge in [0.1, 0.15) is 0 Å². The molecule has 1 heterocycles. The fourth-order valence-electron chi connectivity index (χ4n) is 0.392. The number of nitrogens with zero attached hydrogens (tertiary/aromatic N) is 2. The molecule has 0 amide bonds. The van der Waals surface area contributed by atoms with Gasteiger partial charge >= 0.3 is 0 Å². The molecule has 0 aromatic carbocycles. The number of aromatic nitrogens is 1. The van der Waals surface area contributed by atoms with Gasteiger partial charge in [0.2, 0.25) is 0 Å². The second kappa shape index (κ2) is 1.55. The first-order chi connectivity index (χ1) is 3.43. The lowest BCUT2D eigenvalue weighted by Crippen LogP contribution is -1.74. The smallest absolute Gasteiger partial charge is 0.0301 e. The Morgan fingerprint density at radius 2 is 1.86 bits per heavy atom. The van der Waals surface area contributed by atoms with Crippen molar-refractivity contribution in [2.24, 2.45) is 5.22 Å². The van der Waals surface area contributed by atoms with Crippen LogP contribution in [0.1, 0.15) is 0 Å². The van der Waals surface area contributed by atoms with Crippen molar-refractivity contribution in [3.63, 3.8) is 0 Å². The minimum absolute atomic E-state index is 1.42. The molecule has 1 aromatic rings. The van der Waals surface area contributed by atoms with Gasteiger partial charge in [0, 0.05) is 12.4 Å². The lowest BCUT2D eigenvalue weighted by Gasteiger charge is -1.79. The molecule has 3 heteroatoms. The van der Waals surface area contributed by atoms with Crippen LogP contribution in [0.3, 0.4) is 0 Å². The molecule has 0 spiro atoms. The Kier molecular flexibility index (Phi) is 0.898. The van der Waals surface area contributed by atoms with Crippen LogP contribution in [0.15, 0.2) is 29.7 Å². The van der Waals surface area contributed by atoms with E-state index in [2.05, 4.69) is 5.22 Å². The van der Waals surface area contributed by atoms with E-state index in [4.69, 9.17) is 5.53 Å². The van der Waals surface area contributed by atoms with Gasteiger partial charge in [-0.3, -0.25) is 0 Å². The molecule has 36 valence electrons. The second-order valence-corrected chi connectivity index (χ2v) is 1.16. The van der Waals surface area contributed by atoms with E-state index < -0.39 is 0 Å². The molecular weight excluding hydrogens is 90.1 g/mol. The maximum atomic E-state index is 6.45. The van der Waals surface area contributed by atoms with Gasteiger partial charge in [0.15, 0.2) is 0 Å². The SMILES string of the molecule is N=Nn1cccc1. The Bertz CT molecular complexity index is 142. The minimum atomic E-state index is 1.42. The number of nitrogens with one attached hydrogen (secondary N) is 1. The van der Waals surface area contributed by atoms with Crippen LogP contribution in [0.5, 0.6) is 0 Å². The van der Waals surface area contributed by atoms with E-state index in [1.165, 1.54) is 4.68 Å². The van der Waals surface area contributed by atoms with Crippen LogP contribution in [0.4, 0.5) is 0 Å². The van der Waals surface area contributed by atoms with E-state index in [-0.39, 0.29) is 0 Å². The van der Waals surface area contributed by atoms with Crippen molar-refractivity contribution in [2.75, 3.05) is 0 Å². The lowest BCUT2D eigenvalue weighted by molar-refractivity contribution is 0.773. The van der Waals surface area contributed by atoms with Crippen LogP contribution in [0.2, 0.25) is 0 Å². The molecule has 1 N–H and O–H groups in total. The summed E-state index contributed by atoms with van der Waals surface area (Å²) in [4.78, 5) is 0. The predicted octanol–water partition coefficient (Wildman–Crippen LogP) is 1.28. The van der Waals surface area contributed by atoms with Crippen LogP contribution in [-0.4, -0.2) is 4.68 Å². The molecule has 3 nitrogen and oxygen atoms in total. The maximum Gasteiger partial charge on any atom is 0.0301 e. The van der Waals surface area contributed by atoms with Crippen molar-refractivity contribution in [3.8, 4) is 0 Å². The summed E-state index contributed by atoms with van der Waals surface area (Å²) in [6, 6.07) is 3.64. The maximum absolute atomic E-state index is 6.45. The van der Waals surface area contributed by atoms with Crippen LogP contribution in [0.25, 0.3) is 0 Å². The van der Waals surface area contributed by atoms with E-state index >= 15 is 0 Å². The minimum Gasteiger partial charge on any atom is -0.230 e. The highest BCUT2D eigenvalue weighted by atomic mass is 15.4. The molecule has 1 rings (SSSR count). The summed E-state index contributed by atoms with van der Waals surface area (Å²) in [6.45, 7) is 0. The Hall–Kier alpha value is -1.12. The zero-order valence-electron chi connectivity index (χ0n) is 3.70. The average Bonchev–Trinajstić information content (AvgIpc) is 2.14. The van der Waals surface area contributed by atoms with Crippen LogP contribution in [-0.2, 0) is 0 Å². The van der Waals surface area contributed by atoms with Gasteiger partial charge in [-0.2, -0.15) is 5.53 Å². The lowest BCUT2D eigenvalue weighted by atomic mass is 10.7. The van der Waals surface area contributed by atoms with Gasteiger partial charge in [0.25, 0.3) is 0 Å². The van der Waals surface area contributed by atoms with Gasteiger partial charge in [-0.25, -0.2) is 4.68 Å². The average molecular weight is 95.1 g/mol. The summed E-state index contributed by atoms with van der Waals surface area (Å²) in [7, 11) is 0. The Balaban J connectivity index is 2.96. The fourth-order valence-corrected chi connectivity index (χ4v) is 0.392. The van der Waals surface area contributed by atoms with Gasteiger partial charge in [-0.1, -0.05) is 5.22 Å². The van der Waals surface area contributed by atoms with Gasteiger partial charge in [-0.05, 0) is 12.1 Å². The normalized spacial score (nSPS) is 8.57. The van der Waals surface area contributed by atoms with Crippen molar-refractivity contribution in [1.29, 1.82) is 5.53 Å². The highest BCUT2D eigenvalue weighted by Gasteiger charge is 1.74. The number of hydrogen-bond acceptors (Lipinski definition) is 2. The molecule has 0 radical (unpaired) electrons. The van der Waals surface area contributed by atoms with Crippen LogP contribution in [0, 0.1) is 5.53 Å². The molecule has 1 aromatic heterocycles. The standard InChI is InChI=1S/C4H5N3/c5-6-7-3-1-2-4-7/h1-5H. The third kappa shape index (κ3) is 0.652. The van der Waals surface area contributed by atoms with E-state index in [1.54, 1.807) is 12.4 Å². The van der Waals surface area contributed by atoms with Crippen molar-refractivity contribution in [3.05, 3.63) is 24.5 Å². The summed E-state index contributed by atoms with van der Waals surface area (Å²) in [5.41, 5.74) is 6.45. The van der Waals surface area contributed by atoms with Gasteiger partial charge in [0.05, 0.1) is 0 Å². The quantitative estimate of drug-likeness (QED) is 0.510. The summed E-state index contributed by atoms with van der Waals surface area (Å²) in [5.74, 6) is 0. The van der Waals surface area contributed by atoms with Crippen molar-refractivity contribution < 1.29 is 0 Å². The molecule has 7 heavy (non-hydrogen) atoms. The summed E-state index contributed by atoms with van der Waals surface area (Å²) in [6.07, 6.45) is 3.40. The Morgan fingerprint density at radius 1 is 1.29 bits per heavy atom. The van der Waals surface area contributed by atoms with Crippen molar-refractivity contribution >= 4 is 0 Å². The Labute approximate surface area is 41.1 Å². The monoisotopic (exact) mass is 95.0 g/mol. The van der Waals surface area contributed by atoms with Crippen molar-refractivity contribution in [2.45, 2.75) is 0 Å². The van der Waals surface area contributed by atoms with Crippen LogP contribution >= 0.6 is 0 Å². The van der Waals surface area contributed by atoms with Crippen molar-refractivity contribution in [1.82, 2.24) is 4.68 Å². The zero-order chi connectivity index (χ0) is 5.11. The van der Waals surface area contributed by atoms with E-state index in [0.717, 1.165) is 0 Å². The first kappa shape index (κ1) is 4.05. The highest BCUT2D eigenvalue weighted by Crippen LogP contribution is 1.85. The fraction of sp³-hybridized carbons (Fsp3) is 0. The second-order valence-electron chi connectivity index (χ2n) is 1.16. The van der Waals surface area contributed by atoms with Gasteiger partial charge < -0.3 is 0 Å². The first-order valence-electron chi connectivity index (χ1n) is 1.94. The predicted molar refractivity (Wildman–Crippen MR) is 25.0 cm³/mol. The van der Waals surface area contributed by atoms with Gasteiger partial charge in [-0.15, -0.1) is 0 Å². The first-order valence-corrected chi connectivity index (χ1v) is 1.94.